The van der Waals surface area contributed by atoms with Crippen LogP contribution in [-0.2, 0) is 0 Å². The smallest absolute Gasteiger partial charge is 0.535 e. The van der Waals surface area contributed by atoms with Crippen LogP contribution in [0.3, 0.4) is 0 Å². The van der Waals surface area contributed by atoms with E-state index in [1.807, 2.05) is 24.3 Å². The summed E-state index contributed by atoms with van der Waals surface area (Å²) in [6.07, 6.45) is 0. The molecule has 1 heterocycles. The maximum absolute atomic E-state index is 9.00. The average Bonchev–Trinajstić information content (AvgIpc) is 3.14. The predicted octanol–water partition coefficient (Wildman–Crippen LogP) is 5.83. The van der Waals surface area contributed by atoms with Crippen molar-refractivity contribution in [2.24, 2.45) is 0 Å². The van der Waals surface area contributed by atoms with Crippen LogP contribution in [0.1, 0.15) is 0 Å². The van der Waals surface area contributed by atoms with Gasteiger partial charge in [-0.15, -0.1) is 0 Å². The molecule has 0 saturated carbocycles. The second-order valence-electron chi connectivity index (χ2n) is 6.58. The van der Waals surface area contributed by atoms with Gasteiger partial charge in [-0.25, -0.2) is 0 Å². The molecule has 0 aliphatic heterocycles. The largest absolute Gasteiger partial charge is 0.569 e. The Kier molecular flexibility index (Phi) is 4.11. The highest BCUT2D eigenvalue weighted by Gasteiger charge is 2.14. The average molecular weight is 363 g/mol. The van der Waals surface area contributed by atoms with E-state index < -0.39 is 0 Å². The summed E-state index contributed by atoms with van der Waals surface area (Å²) < 4.78 is 11.2. The lowest BCUT2D eigenvalue weighted by Gasteiger charge is -2.10. The van der Waals surface area contributed by atoms with Crippen LogP contribution in [0.4, 0.5) is 0 Å². The van der Waals surface area contributed by atoms with Crippen molar-refractivity contribution in [1.82, 2.24) is 0 Å². The third-order valence-electron chi connectivity index (χ3n) is 4.96. The summed E-state index contributed by atoms with van der Waals surface area (Å²) in [5.41, 5.74) is 6.07. The highest BCUT2D eigenvalue weighted by molar-refractivity contribution is 6.18. The first-order valence-electron chi connectivity index (χ1n) is 9.08. The van der Waals surface area contributed by atoms with E-state index in [1.165, 1.54) is 16.7 Å². The Labute approximate surface area is 163 Å². The van der Waals surface area contributed by atoms with Gasteiger partial charge < -0.3 is 14.1 Å². The van der Waals surface area contributed by atoms with Gasteiger partial charge >= 0.3 is 7.69 Å². The molecule has 0 spiro atoms. The van der Waals surface area contributed by atoms with E-state index in [1.54, 1.807) is 6.07 Å². The number of fused-ring (bicyclic) bond motifs is 3. The second kappa shape index (κ2) is 6.91. The Morgan fingerprint density at radius 3 is 2.21 bits per heavy atom. The number of hydrogen-bond acceptors (Lipinski definition) is 3. The summed E-state index contributed by atoms with van der Waals surface area (Å²) >= 11 is 0. The topological polar surface area (TPSA) is 42.6 Å². The van der Waals surface area contributed by atoms with Crippen LogP contribution < -0.4 is 4.65 Å². The normalized spacial score (nSPS) is 11.0. The molecule has 0 aliphatic carbocycles. The van der Waals surface area contributed by atoms with Gasteiger partial charge in [0.1, 0.15) is 11.3 Å². The zero-order chi connectivity index (χ0) is 18.9. The molecule has 0 bridgehead atoms. The molecule has 4 heteroatoms. The summed E-state index contributed by atoms with van der Waals surface area (Å²) in [4.78, 5) is 0. The highest BCUT2D eigenvalue weighted by Crippen LogP contribution is 2.38. The van der Waals surface area contributed by atoms with E-state index in [0.717, 1.165) is 21.9 Å². The first-order chi connectivity index (χ1) is 13.8. The van der Waals surface area contributed by atoms with Crippen LogP contribution >= 0.6 is 0 Å². The van der Waals surface area contributed by atoms with Gasteiger partial charge in [-0.2, -0.15) is 0 Å². The lowest BCUT2D eigenvalue weighted by molar-refractivity contribution is 0.451. The van der Waals surface area contributed by atoms with Crippen LogP contribution in [0.2, 0.25) is 0 Å². The summed E-state index contributed by atoms with van der Waals surface area (Å²) in [7, 11) is 0.670. The van der Waals surface area contributed by atoms with Gasteiger partial charge in [-0.3, -0.25) is 0 Å². The van der Waals surface area contributed by atoms with Crippen molar-refractivity contribution < 1.29 is 14.1 Å². The number of furan rings is 1. The maximum Gasteiger partial charge on any atom is 0.569 e. The van der Waals surface area contributed by atoms with Crippen molar-refractivity contribution in [2.75, 3.05) is 0 Å². The summed E-state index contributed by atoms with van der Waals surface area (Å²) in [6.45, 7) is 0. The molecule has 3 nitrogen and oxygen atoms in total. The monoisotopic (exact) mass is 363 g/mol. The maximum atomic E-state index is 9.00. The van der Waals surface area contributed by atoms with Crippen LogP contribution in [0.5, 0.6) is 5.75 Å². The van der Waals surface area contributed by atoms with E-state index in [4.69, 9.17) is 14.1 Å². The first kappa shape index (κ1) is 16.7. The predicted molar refractivity (Wildman–Crippen MR) is 113 cm³/mol. The summed E-state index contributed by atoms with van der Waals surface area (Å²) in [5.74, 6) is 0.488. The molecular formula is C24H16BO3. The molecule has 0 saturated heterocycles. The molecule has 133 valence electrons. The van der Waals surface area contributed by atoms with E-state index in [-0.39, 0.29) is 0 Å². The third kappa shape index (κ3) is 2.75. The van der Waals surface area contributed by atoms with Gasteiger partial charge in [-0.1, -0.05) is 72.8 Å². The minimum Gasteiger partial charge on any atom is -0.535 e. The van der Waals surface area contributed by atoms with Crippen LogP contribution in [0.15, 0.2) is 95.4 Å². The van der Waals surface area contributed by atoms with Crippen LogP contribution in [0.25, 0.3) is 44.2 Å². The molecule has 0 aliphatic rings. The quantitative estimate of drug-likeness (QED) is 0.409. The van der Waals surface area contributed by atoms with Crippen molar-refractivity contribution in [3.63, 3.8) is 0 Å². The fourth-order valence-electron chi connectivity index (χ4n) is 3.69. The van der Waals surface area contributed by atoms with Gasteiger partial charge in [0.2, 0.25) is 0 Å². The number of hydrogen-bond donors (Lipinski definition) is 1. The van der Waals surface area contributed by atoms with Gasteiger partial charge in [-0.05, 0) is 40.5 Å². The van der Waals surface area contributed by atoms with E-state index in [9.17, 15) is 0 Å². The van der Waals surface area contributed by atoms with Gasteiger partial charge in [0.25, 0.3) is 0 Å². The molecule has 0 fully saturated rings. The fourth-order valence-corrected chi connectivity index (χ4v) is 3.69. The van der Waals surface area contributed by atoms with E-state index in [0.29, 0.717) is 19.0 Å². The number of rotatable bonds is 4. The Hall–Kier alpha value is -3.50. The number of benzene rings is 4. The molecule has 5 aromatic rings. The summed E-state index contributed by atoms with van der Waals surface area (Å²) in [5, 5.41) is 11.0. The fraction of sp³-hybridized carbons (Fsp3) is 0. The lowest BCUT2D eigenvalue weighted by Crippen LogP contribution is -1.99. The zero-order valence-electron chi connectivity index (χ0n) is 15.0. The molecule has 0 unspecified atom stereocenters. The Bertz CT molecular complexity index is 1280. The Morgan fingerprint density at radius 2 is 1.43 bits per heavy atom. The minimum absolute atomic E-state index is 0.488. The lowest BCUT2D eigenvalue weighted by atomic mass is 9.94. The van der Waals surface area contributed by atoms with Crippen molar-refractivity contribution >= 4 is 29.6 Å². The molecule has 1 aromatic heterocycles. The number of para-hydroxylation sites is 1. The minimum atomic E-state index is 0.488. The SMILES string of the molecule is O[B]Oc1cccc2c1oc1ccc(-c3ccccc3-c3ccccc3)cc12. The standard InChI is InChI=1S/C24H16BO3/c26-25-28-23-12-6-11-20-21-15-17(13-14-22(21)27-24(20)23)19-10-5-4-9-18(19)16-7-2-1-3-8-16/h1-15,26H. The zero-order valence-corrected chi connectivity index (χ0v) is 15.0. The molecule has 0 amide bonds. The molecule has 4 aromatic carbocycles. The van der Waals surface area contributed by atoms with Crippen LogP contribution in [-0.4, -0.2) is 12.7 Å². The van der Waals surface area contributed by atoms with Crippen molar-refractivity contribution in [3.8, 4) is 28.0 Å². The molecule has 1 radical (unpaired) electrons. The van der Waals surface area contributed by atoms with Crippen molar-refractivity contribution in [2.45, 2.75) is 0 Å². The first-order valence-corrected chi connectivity index (χ1v) is 9.08. The molecule has 5 rings (SSSR count). The van der Waals surface area contributed by atoms with E-state index in [2.05, 4.69) is 60.7 Å². The highest BCUT2D eigenvalue weighted by atomic mass is 16.5. The van der Waals surface area contributed by atoms with E-state index >= 15 is 0 Å². The molecular weight excluding hydrogens is 347 g/mol. The Balaban J connectivity index is 1.72. The molecule has 1 N–H and O–H groups in total. The van der Waals surface area contributed by atoms with Gasteiger partial charge in [0.05, 0.1) is 0 Å². The Morgan fingerprint density at radius 1 is 0.679 bits per heavy atom. The van der Waals surface area contributed by atoms with Gasteiger partial charge in [0.15, 0.2) is 5.58 Å². The summed E-state index contributed by atoms with van der Waals surface area (Å²) in [6, 6.07) is 30.7. The van der Waals surface area contributed by atoms with Crippen molar-refractivity contribution in [3.05, 3.63) is 91.0 Å². The second-order valence-corrected chi connectivity index (χ2v) is 6.58. The molecule has 0 atom stereocenters. The van der Waals surface area contributed by atoms with Gasteiger partial charge in [0, 0.05) is 10.8 Å². The molecule has 28 heavy (non-hydrogen) atoms. The third-order valence-corrected chi connectivity index (χ3v) is 4.96. The van der Waals surface area contributed by atoms with Crippen LogP contribution in [0, 0.1) is 0 Å². The van der Waals surface area contributed by atoms with Crippen molar-refractivity contribution in [1.29, 1.82) is 0 Å².